The van der Waals surface area contributed by atoms with E-state index < -0.39 is 0 Å². The van der Waals surface area contributed by atoms with E-state index in [1.807, 2.05) is 12.1 Å². The summed E-state index contributed by atoms with van der Waals surface area (Å²) in [5.41, 5.74) is 9.49. The van der Waals surface area contributed by atoms with Crippen molar-refractivity contribution in [2.24, 2.45) is 5.92 Å². The van der Waals surface area contributed by atoms with Gasteiger partial charge in [-0.05, 0) is 81.5 Å². The van der Waals surface area contributed by atoms with Gasteiger partial charge in [0.25, 0.3) is 0 Å². The lowest BCUT2D eigenvalue weighted by atomic mass is 9.85. The molecule has 0 saturated carbocycles. The minimum Gasteiger partial charge on any atom is -0.207 e. The molecule has 2 atom stereocenters. The van der Waals surface area contributed by atoms with Crippen LogP contribution >= 0.6 is 0 Å². The molecule has 0 spiro atoms. The molecule has 0 radical (unpaired) electrons. The third-order valence-electron chi connectivity index (χ3n) is 5.83. The zero-order valence-corrected chi connectivity index (χ0v) is 16.1. The fourth-order valence-corrected chi connectivity index (χ4v) is 4.38. The van der Waals surface area contributed by atoms with Gasteiger partial charge in [0.2, 0.25) is 0 Å². The molecule has 0 heterocycles. The maximum Gasteiger partial charge on any atom is 0.123 e. The van der Waals surface area contributed by atoms with Gasteiger partial charge in [0.15, 0.2) is 0 Å². The lowest BCUT2D eigenvalue weighted by molar-refractivity contribution is 0.627. The lowest BCUT2D eigenvalue weighted by Crippen LogP contribution is -2.01. The summed E-state index contributed by atoms with van der Waals surface area (Å²) in [6.07, 6.45) is 6.90. The van der Waals surface area contributed by atoms with Gasteiger partial charge in [-0.3, -0.25) is 0 Å². The number of fused-ring (bicyclic) bond motifs is 1. The average molecular weight is 356 g/mol. The van der Waals surface area contributed by atoms with Crippen molar-refractivity contribution in [3.05, 3.63) is 101 Å². The molecule has 2 aromatic carbocycles. The summed E-state index contributed by atoms with van der Waals surface area (Å²) in [5.74, 6) is 0.415. The van der Waals surface area contributed by atoms with E-state index in [0.717, 1.165) is 35.1 Å². The van der Waals surface area contributed by atoms with E-state index in [0.29, 0.717) is 5.92 Å². The quantitative estimate of drug-likeness (QED) is 0.537. The lowest BCUT2D eigenvalue weighted by Gasteiger charge is -2.20. The van der Waals surface area contributed by atoms with Crippen LogP contribution in [0.1, 0.15) is 54.9 Å². The number of halogens is 1. The normalized spacial score (nSPS) is 21.7. The van der Waals surface area contributed by atoms with Crippen LogP contribution in [0, 0.1) is 11.7 Å². The zero-order valence-electron chi connectivity index (χ0n) is 16.1. The van der Waals surface area contributed by atoms with E-state index >= 15 is 0 Å². The van der Waals surface area contributed by atoms with Gasteiger partial charge >= 0.3 is 0 Å². The highest BCUT2D eigenvalue weighted by Gasteiger charge is 2.31. The Bertz CT molecular complexity index is 985. The summed E-state index contributed by atoms with van der Waals surface area (Å²) in [7, 11) is 0. The zero-order chi connectivity index (χ0) is 19.1. The molecule has 0 aromatic heterocycles. The Hall–Kier alpha value is -2.67. The molecule has 0 N–H and O–H groups in total. The number of rotatable bonds is 3. The molecule has 136 valence electrons. The summed E-state index contributed by atoms with van der Waals surface area (Å²) in [5, 5.41) is 0. The maximum atomic E-state index is 13.3. The van der Waals surface area contributed by atoms with Gasteiger partial charge in [0.05, 0.1) is 0 Å². The fourth-order valence-electron chi connectivity index (χ4n) is 4.38. The van der Waals surface area contributed by atoms with Crippen molar-refractivity contribution in [2.75, 3.05) is 0 Å². The van der Waals surface area contributed by atoms with E-state index in [9.17, 15) is 4.39 Å². The van der Waals surface area contributed by atoms with Crippen LogP contribution in [0.25, 0.3) is 16.7 Å². The molecule has 1 heteroatoms. The Morgan fingerprint density at radius 2 is 1.70 bits per heavy atom. The molecular formula is C26H25F. The molecule has 0 fully saturated rings. The first-order valence-electron chi connectivity index (χ1n) is 9.69. The van der Waals surface area contributed by atoms with Crippen LogP contribution in [-0.4, -0.2) is 0 Å². The van der Waals surface area contributed by atoms with E-state index in [1.54, 1.807) is 0 Å². The van der Waals surface area contributed by atoms with Gasteiger partial charge in [-0.1, -0.05) is 63.4 Å². The van der Waals surface area contributed by atoms with Crippen LogP contribution in [0.3, 0.4) is 0 Å². The Kier molecular flexibility index (Phi) is 4.47. The fraction of sp³-hybridized carbons (Fsp3) is 0.231. The predicted octanol–water partition coefficient (Wildman–Crippen LogP) is 7.41. The monoisotopic (exact) mass is 356 g/mol. The van der Waals surface area contributed by atoms with Crippen molar-refractivity contribution < 1.29 is 4.39 Å². The molecule has 0 amide bonds. The summed E-state index contributed by atoms with van der Waals surface area (Å²) in [6.45, 7) is 13.2. The van der Waals surface area contributed by atoms with E-state index in [1.165, 1.54) is 34.4 Å². The van der Waals surface area contributed by atoms with Gasteiger partial charge in [-0.2, -0.15) is 0 Å². The summed E-state index contributed by atoms with van der Waals surface area (Å²) >= 11 is 0. The first-order valence-corrected chi connectivity index (χ1v) is 9.69. The van der Waals surface area contributed by atoms with Crippen LogP contribution in [0.5, 0.6) is 0 Å². The molecule has 0 nitrogen and oxygen atoms in total. The van der Waals surface area contributed by atoms with Crippen LogP contribution in [0.4, 0.5) is 4.39 Å². The molecule has 2 aliphatic rings. The van der Waals surface area contributed by atoms with E-state index in [4.69, 9.17) is 0 Å². The predicted molar refractivity (Wildman–Crippen MR) is 114 cm³/mol. The van der Waals surface area contributed by atoms with Crippen molar-refractivity contribution in [3.63, 3.8) is 0 Å². The van der Waals surface area contributed by atoms with Gasteiger partial charge < -0.3 is 0 Å². The molecule has 2 unspecified atom stereocenters. The number of hydrogen-bond acceptors (Lipinski definition) is 0. The Morgan fingerprint density at radius 1 is 1.00 bits per heavy atom. The molecule has 4 rings (SSSR count). The van der Waals surface area contributed by atoms with Crippen LogP contribution in [0.15, 0.2) is 73.3 Å². The first-order chi connectivity index (χ1) is 13.0. The smallest absolute Gasteiger partial charge is 0.123 e. The second-order valence-corrected chi connectivity index (χ2v) is 7.67. The Labute approximate surface area is 161 Å². The van der Waals surface area contributed by atoms with Gasteiger partial charge in [0.1, 0.15) is 5.82 Å². The van der Waals surface area contributed by atoms with Crippen molar-refractivity contribution in [2.45, 2.75) is 32.6 Å². The van der Waals surface area contributed by atoms with Crippen molar-refractivity contribution >= 4 is 16.7 Å². The van der Waals surface area contributed by atoms with Gasteiger partial charge in [0, 0.05) is 5.92 Å². The van der Waals surface area contributed by atoms with E-state index in [2.05, 4.69) is 57.4 Å². The van der Waals surface area contributed by atoms with Gasteiger partial charge in [-0.15, -0.1) is 0 Å². The minimum absolute atomic E-state index is 0.0254. The number of benzene rings is 2. The molecule has 2 aromatic rings. The first kappa shape index (κ1) is 17.7. The third kappa shape index (κ3) is 3.02. The largest absolute Gasteiger partial charge is 0.207 e. The van der Waals surface area contributed by atoms with Crippen molar-refractivity contribution in [3.8, 4) is 0 Å². The maximum absolute atomic E-state index is 13.3. The summed E-state index contributed by atoms with van der Waals surface area (Å²) in [6, 6.07) is 13.3. The standard InChI is InChI=1S/C26H25F/c1-5-19-14-16(2)6-12-24(19)21-9-13-23-17(3)26(18(4)25(23)15-21)20-7-10-22(27)11-8-20/h7-16,26H,3-6H2,1-2H3. The molecule has 0 bridgehead atoms. The second kappa shape index (κ2) is 6.81. The Balaban J connectivity index is 1.73. The van der Waals surface area contributed by atoms with E-state index in [-0.39, 0.29) is 11.7 Å². The highest BCUT2D eigenvalue weighted by atomic mass is 19.1. The molecule has 27 heavy (non-hydrogen) atoms. The highest BCUT2D eigenvalue weighted by Crippen LogP contribution is 2.50. The van der Waals surface area contributed by atoms with Crippen LogP contribution in [0.2, 0.25) is 0 Å². The summed E-state index contributed by atoms with van der Waals surface area (Å²) < 4.78 is 13.3. The molecule has 0 saturated heterocycles. The average Bonchev–Trinajstić information content (AvgIpc) is 2.92. The molecule has 0 aliphatic heterocycles. The van der Waals surface area contributed by atoms with Crippen LogP contribution < -0.4 is 0 Å². The third-order valence-corrected chi connectivity index (χ3v) is 5.83. The Morgan fingerprint density at radius 3 is 2.41 bits per heavy atom. The number of hydrogen-bond donors (Lipinski definition) is 0. The number of allylic oxidation sites excluding steroid dienone is 6. The van der Waals surface area contributed by atoms with Gasteiger partial charge in [-0.25, -0.2) is 4.39 Å². The van der Waals surface area contributed by atoms with Crippen LogP contribution in [-0.2, 0) is 0 Å². The highest BCUT2D eigenvalue weighted by molar-refractivity contribution is 5.98. The van der Waals surface area contributed by atoms with Crippen molar-refractivity contribution in [1.82, 2.24) is 0 Å². The van der Waals surface area contributed by atoms with Crippen molar-refractivity contribution in [1.29, 1.82) is 0 Å². The molecule has 2 aliphatic carbocycles. The molecular weight excluding hydrogens is 331 g/mol. The minimum atomic E-state index is -0.217. The SMILES string of the molecule is C=C1c2ccc(C3=CCC(C)C=C3CC)cc2C(=C)C1c1ccc(F)cc1. The topological polar surface area (TPSA) is 0 Å². The second-order valence-electron chi connectivity index (χ2n) is 7.67. The summed E-state index contributed by atoms with van der Waals surface area (Å²) in [4.78, 5) is 0.